The van der Waals surface area contributed by atoms with E-state index in [0.717, 1.165) is 10.5 Å². The maximum absolute atomic E-state index is 10.8. The molecule has 0 bridgehead atoms. The van der Waals surface area contributed by atoms with E-state index in [1.165, 1.54) is 0 Å². The first-order chi connectivity index (χ1) is 9.15. The van der Waals surface area contributed by atoms with Crippen molar-refractivity contribution >= 4 is 6.09 Å². The SMILES string of the molecule is O=C([O-])N1CCC(c2ccc3c(c2)OCO3)C(O)C1. The number of carbonyl (C=O) groups is 1. The number of carboxylic acid groups (broad SMARTS) is 1. The highest BCUT2D eigenvalue weighted by Crippen LogP contribution is 2.37. The molecule has 2 aliphatic rings. The first-order valence-corrected chi connectivity index (χ1v) is 6.18. The first-order valence-electron chi connectivity index (χ1n) is 6.18. The summed E-state index contributed by atoms with van der Waals surface area (Å²) in [6, 6.07) is 5.55. The number of benzene rings is 1. The van der Waals surface area contributed by atoms with Gasteiger partial charge in [0.2, 0.25) is 6.79 Å². The molecule has 6 nitrogen and oxygen atoms in total. The highest BCUT2D eigenvalue weighted by atomic mass is 16.7. The molecule has 1 N–H and O–H groups in total. The van der Waals surface area contributed by atoms with E-state index in [-0.39, 0.29) is 19.3 Å². The lowest BCUT2D eigenvalue weighted by atomic mass is 9.87. The summed E-state index contributed by atoms with van der Waals surface area (Å²) >= 11 is 0. The fourth-order valence-corrected chi connectivity index (χ4v) is 2.63. The van der Waals surface area contributed by atoms with Crippen LogP contribution in [-0.2, 0) is 0 Å². The van der Waals surface area contributed by atoms with Crippen LogP contribution in [0.4, 0.5) is 4.79 Å². The summed E-state index contributed by atoms with van der Waals surface area (Å²) in [5.41, 5.74) is 0.940. The van der Waals surface area contributed by atoms with E-state index < -0.39 is 12.2 Å². The summed E-state index contributed by atoms with van der Waals surface area (Å²) in [6.07, 6.45) is -1.40. The Hall–Kier alpha value is -1.95. The molecule has 0 aliphatic carbocycles. The molecule has 19 heavy (non-hydrogen) atoms. The Balaban J connectivity index is 1.78. The normalized spacial score (nSPS) is 25.4. The van der Waals surface area contributed by atoms with Crippen LogP contribution in [0.2, 0.25) is 0 Å². The highest BCUT2D eigenvalue weighted by molar-refractivity contribution is 5.62. The van der Waals surface area contributed by atoms with Crippen LogP contribution in [0.25, 0.3) is 0 Å². The Morgan fingerprint density at radius 2 is 2.16 bits per heavy atom. The summed E-state index contributed by atoms with van der Waals surface area (Å²) < 4.78 is 10.5. The van der Waals surface area contributed by atoms with Crippen molar-refractivity contribution in [2.45, 2.75) is 18.4 Å². The minimum atomic E-state index is -1.23. The van der Waals surface area contributed by atoms with Crippen LogP contribution in [0.5, 0.6) is 11.5 Å². The fraction of sp³-hybridized carbons (Fsp3) is 0.462. The quantitative estimate of drug-likeness (QED) is 0.766. The van der Waals surface area contributed by atoms with Gasteiger partial charge >= 0.3 is 0 Å². The molecule has 102 valence electrons. The zero-order valence-corrected chi connectivity index (χ0v) is 10.2. The first kappa shape index (κ1) is 12.1. The predicted molar refractivity (Wildman–Crippen MR) is 62.9 cm³/mol. The second kappa shape index (κ2) is 4.62. The molecule has 2 atom stereocenters. The van der Waals surface area contributed by atoms with Crippen molar-refractivity contribution in [3.63, 3.8) is 0 Å². The van der Waals surface area contributed by atoms with Crippen molar-refractivity contribution < 1.29 is 24.5 Å². The Morgan fingerprint density at radius 3 is 2.89 bits per heavy atom. The lowest BCUT2D eigenvalue weighted by Gasteiger charge is -2.37. The van der Waals surface area contributed by atoms with Gasteiger partial charge in [-0.05, 0) is 24.1 Å². The number of piperidine rings is 1. The molecule has 1 aromatic rings. The average molecular weight is 264 g/mol. The maximum Gasteiger partial charge on any atom is 0.231 e. The molecule has 0 saturated carbocycles. The average Bonchev–Trinajstić information content (AvgIpc) is 2.85. The van der Waals surface area contributed by atoms with Gasteiger partial charge in [0.25, 0.3) is 0 Å². The van der Waals surface area contributed by atoms with Crippen LogP contribution in [-0.4, -0.2) is 42.1 Å². The molecule has 1 saturated heterocycles. The molecule has 0 spiro atoms. The van der Waals surface area contributed by atoms with Crippen LogP contribution in [0, 0.1) is 0 Å². The molecular weight excluding hydrogens is 250 g/mol. The second-order valence-electron chi connectivity index (χ2n) is 4.79. The third-order valence-corrected chi connectivity index (χ3v) is 3.66. The molecule has 2 unspecified atom stereocenters. The van der Waals surface area contributed by atoms with Crippen LogP contribution >= 0.6 is 0 Å². The van der Waals surface area contributed by atoms with E-state index >= 15 is 0 Å². The van der Waals surface area contributed by atoms with Crippen LogP contribution in [0.1, 0.15) is 17.9 Å². The van der Waals surface area contributed by atoms with Gasteiger partial charge in [-0.1, -0.05) is 6.07 Å². The van der Waals surface area contributed by atoms with E-state index in [1.807, 2.05) is 18.2 Å². The van der Waals surface area contributed by atoms with Gasteiger partial charge in [0.05, 0.1) is 6.10 Å². The minimum absolute atomic E-state index is 0.0848. The highest BCUT2D eigenvalue weighted by Gasteiger charge is 2.30. The Bertz CT molecular complexity index is 504. The predicted octanol–water partition coefficient (Wildman–Crippen LogP) is -0.0912. The van der Waals surface area contributed by atoms with Gasteiger partial charge in [0.15, 0.2) is 11.5 Å². The van der Waals surface area contributed by atoms with Gasteiger partial charge in [-0.25, -0.2) is 0 Å². The summed E-state index contributed by atoms with van der Waals surface area (Å²) in [5.74, 6) is 1.28. The number of β-amino-alcohol motifs (C(OH)–C–C–N with tert-alkyl or cyclic N) is 1. The van der Waals surface area contributed by atoms with E-state index in [9.17, 15) is 15.0 Å². The van der Waals surface area contributed by atoms with Crippen molar-refractivity contribution in [2.24, 2.45) is 0 Å². The molecule has 1 fully saturated rings. The largest absolute Gasteiger partial charge is 0.530 e. The summed E-state index contributed by atoms with van der Waals surface area (Å²) in [4.78, 5) is 11.9. The molecule has 0 radical (unpaired) electrons. The van der Waals surface area contributed by atoms with E-state index in [2.05, 4.69) is 0 Å². The van der Waals surface area contributed by atoms with Crippen molar-refractivity contribution in [3.05, 3.63) is 23.8 Å². The smallest absolute Gasteiger partial charge is 0.231 e. The Kier molecular flexibility index (Phi) is 2.94. The van der Waals surface area contributed by atoms with Crippen molar-refractivity contribution in [1.29, 1.82) is 0 Å². The molecular formula is C13H14NO5-. The van der Waals surface area contributed by atoms with Gasteiger partial charge in [0.1, 0.15) is 6.09 Å². The lowest BCUT2D eigenvalue weighted by Crippen LogP contribution is -2.50. The second-order valence-corrected chi connectivity index (χ2v) is 4.79. The number of likely N-dealkylation sites (tertiary alicyclic amines) is 1. The number of aliphatic hydroxyl groups is 1. The lowest BCUT2D eigenvalue weighted by molar-refractivity contribution is -0.268. The van der Waals surface area contributed by atoms with Crippen LogP contribution in [0.15, 0.2) is 18.2 Å². The molecule has 0 aromatic heterocycles. The number of ether oxygens (including phenoxy) is 2. The Morgan fingerprint density at radius 1 is 1.37 bits per heavy atom. The third-order valence-electron chi connectivity index (χ3n) is 3.66. The molecule has 6 heteroatoms. The molecule has 2 aliphatic heterocycles. The number of rotatable bonds is 1. The van der Waals surface area contributed by atoms with E-state index in [1.54, 1.807) is 0 Å². The minimum Gasteiger partial charge on any atom is -0.530 e. The van der Waals surface area contributed by atoms with Gasteiger partial charge in [-0.15, -0.1) is 0 Å². The summed E-state index contributed by atoms with van der Waals surface area (Å²) in [7, 11) is 0. The van der Waals surface area contributed by atoms with Gasteiger partial charge < -0.3 is 29.4 Å². The van der Waals surface area contributed by atoms with Crippen molar-refractivity contribution in [2.75, 3.05) is 19.9 Å². The molecule has 1 amide bonds. The molecule has 2 heterocycles. The Labute approximate surface area is 110 Å². The van der Waals surface area contributed by atoms with Crippen molar-refractivity contribution in [1.82, 2.24) is 4.90 Å². The zero-order valence-electron chi connectivity index (χ0n) is 10.2. The van der Waals surface area contributed by atoms with Crippen LogP contribution in [0.3, 0.4) is 0 Å². The number of hydrogen-bond donors (Lipinski definition) is 1. The van der Waals surface area contributed by atoms with E-state index in [4.69, 9.17) is 9.47 Å². The number of nitrogens with zero attached hydrogens (tertiary/aromatic N) is 1. The standard InChI is InChI=1S/C13H15NO5/c15-10-6-14(13(16)17)4-3-9(10)8-1-2-11-12(5-8)19-7-18-11/h1-2,5,9-10,15H,3-4,6-7H2,(H,16,17)/p-1. The van der Waals surface area contributed by atoms with Crippen LogP contribution < -0.4 is 14.6 Å². The van der Waals surface area contributed by atoms with Gasteiger partial charge in [0, 0.05) is 19.0 Å². The number of aliphatic hydroxyl groups excluding tert-OH is 1. The number of carbonyl (C=O) groups excluding carboxylic acids is 1. The zero-order chi connectivity index (χ0) is 13.4. The van der Waals surface area contributed by atoms with Crippen molar-refractivity contribution in [3.8, 4) is 11.5 Å². The summed E-state index contributed by atoms with van der Waals surface area (Å²) in [5, 5.41) is 20.8. The number of hydrogen-bond acceptors (Lipinski definition) is 5. The fourth-order valence-electron chi connectivity index (χ4n) is 2.63. The van der Waals surface area contributed by atoms with Gasteiger partial charge in [-0.3, -0.25) is 0 Å². The topological polar surface area (TPSA) is 82.1 Å². The summed E-state index contributed by atoms with van der Waals surface area (Å²) in [6.45, 7) is 0.671. The number of fused-ring (bicyclic) bond motifs is 1. The molecule has 1 aromatic carbocycles. The van der Waals surface area contributed by atoms with Gasteiger partial charge in [-0.2, -0.15) is 0 Å². The number of amides is 1. The maximum atomic E-state index is 10.8. The third kappa shape index (κ3) is 2.19. The molecule has 3 rings (SSSR count). The monoisotopic (exact) mass is 264 g/mol. The van der Waals surface area contributed by atoms with E-state index in [0.29, 0.717) is 24.5 Å².